The number of rotatable bonds is 5. The van der Waals surface area contributed by atoms with Crippen LogP contribution in [0, 0.1) is 0 Å². The SMILES string of the molecule is O=C(NN1CCCCC1)c1ccc2nc(C(=O)c3ccnc(-c4cncc5ccccc45)c3)[nH]c2c1. The lowest BCUT2D eigenvalue weighted by atomic mass is 10.0. The molecule has 1 aliphatic rings. The molecule has 3 aromatic heterocycles. The van der Waals surface area contributed by atoms with Crippen molar-refractivity contribution in [3.05, 3.63) is 90.1 Å². The van der Waals surface area contributed by atoms with Crippen LogP contribution in [0.4, 0.5) is 0 Å². The summed E-state index contributed by atoms with van der Waals surface area (Å²) >= 11 is 0. The van der Waals surface area contributed by atoms with Crippen molar-refractivity contribution in [2.24, 2.45) is 0 Å². The molecule has 2 N–H and O–H groups in total. The van der Waals surface area contributed by atoms with Gasteiger partial charge in [-0.15, -0.1) is 0 Å². The summed E-state index contributed by atoms with van der Waals surface area (Å²) in [6.07, 6.45) is 8.55. The molecule has 36 heavy (non-hydrogen) atoms. The molecule has 1 amide bonds. The predicted octanol–water partition coefficient (Wildman–Crippen LogP) is 4.53. The zero-order valence-corrected chi connectivity index (χ0v) is 19.6. The molecule has 0 bridgehead atoms. The van der Waals surface area contributed by atoms with Gasteiger partial charge in [0.2, 0.25) is 5.78 Å². The molecule has 0 spiro atoms. The van der Waals surface area contributed by atoms with E-state index in [-0.39, 0.29) is 17.5 Å². The van der Waals surface area contributed by atoms with Crippen molar-refractivity contribution in [1.82, 2.24) is 30.4 Å². The summed E-state index contributed by atoms with van der Waals surface area (Å²) in [6, 6.07) is 16.6. The van der Waals surface area contributed by atoms with Crippen LogP contribution in [0.2, 0.25) is 0 Å². The van der Waals surface area contributed by atoms with Crippen molar-refractivity contribution in [1.29, 1.82) is 0 Å². The van der Waals surface area contributed by atoms with E-state index in [1.54, 1.807) is 42.7 Å². The number of benzene rings is 2. The van der Waals surface area contributed by atoms with E-state index in [4.69, 9.17) is 0 Å². The molecule has 2 aromatic carbocycles. The Morgan fingerprint density at radius 2 is 1.78 bits per heavy atom. The van der Waals surface area contributed by atoms with E-state index in [1.807, 2.05) is 35.5 Å². The van der Waals surface area contributed by atoms with E-state index < -0.39 is 0 Å². The molecule has 178 valence electrons. The molecule has 1 fully saturated rings. The summed E-state index contributed by atoms with van der Waals surface area (Å²) in [4.78, 5) is 42.4. The molecule has 0 radical (unpaired) electrons. The Morgan fingerprint density at radius 3 is 2.67 bits per heavy atom. The van der Waals surface area contributed by atoms with Gasteiger partial charge in [0.25, 0.3) is 5.91 Å². The van der Waals surface area contributed by atoms with E-state index >= 15 is 0 Å². The fourth-order valence-corrected chi connectivity index (χ4v) is 4.65. The Balaban J connectivity index is 1.27. The Kier molecular flexibility index (Phi) is 5.71. The molecule has 8 nitrogen and oxygen atoms in total. The maximum absolute atomic E-state index is 13.3. The fourth-order valence-electron chi connectivity index (χ4n) is 4.65. The van der Waals surface area contributed by atoms with Crippen LogP contribution in [0.15, 0.2) is 73.2 Å². The third-order valence-corrected chi connectivity index (χ3v) is 6.54. The Labute approximate surface area is 207 Å². The average Bonchev–Trinajstić information content (AvgIpc) is 3.36. The highest BCUT2D eigenvalue weighted by Crippen LogP contribution is 2.27. The number of hydrogen-bond donors (Lipinski definition) is 2. The van der Waals surface area contributed by atoms with Gasteiger partial charge in [0, 0.05) is 53.8 Å². The van der Waals surface area contributed by atoms with Crippen molar-refractivity contribution < 1.29 is 9.59 Å². The number of H-pyrrole nitrogens is 1. The molecular formula is C28H24N6O2. The van der Waals surface area contributed by atoms with Gasteiger partial charge in [-0.25, -0.2) is 9.99 Å². The molecule has 0 atom stereocenters. The molecule has 6 rings (SSSR count). The number of pyridine rings is 2. The monoisotopic (exact) mass is 476 g/mol. The predicted molar refractivity (Wildman–Crippen MR) is 137 cm³/mol. The molecule has 0 unspecified atom stereocenters. The van der Waals surface area contributed by atoms with E-state index in [9.17, 15) is 9.59 Å². The van der Waals surface area contributed by atoms with Gasteiger partial charge >= 0.3 is 0 Å². The second-order valence-corrected chi connectivity index (χ2v) is 8.97. The first-order valence-electron chi connectivity index (χ1n) is 12.1. The number of aromatic amines is 1. The fraction of sp³-hybridized carbons (Fsp3) is 0.179. The van der Waals surface area contributed by atoms with E-state index in [2.05, 4.69) is 25.4 Å². The summed E-state index contributed by atoms with van der Waals surface area (Å²) in [7, 11) is 0. The number of amides is 1. The highest BCUT2D eigenvalue weighted by atomic mass is 16.2. The normalized spacial score (nSPS) is 14.2. The second kappa shape index (κ2) is 9.31. The minimum atomic E-state index is -0.248. The smallest absolute Gasteiger partial charge is 0.265 e. The van der Waals surface area contributed by atoms with Crippen LogP contribution in [0.3, 0.4) is 0 Å². The van der Waals surface area contributed by atoms with Gasteiger partial charge in [-0.05, 0) is 48.6 Å². The molecular weight excluding hydrogens is 452 g/mol. The average molecular weight is 477 g/mol. The van der Waals surface area contributed by atoms with Crippen LogP contribution >= 0.6 is 0 Å². The van der Waals surface area contributed by atoms with Crippen molar-refractivity contribution in [3.8, 4) is 11.3 Å². The summed E-state index contributed by atoms with van der Waals surface area (Å²) in [5.74, 6) is -0.196. The number of ketones is 1. The summed E-state index contributed by atoms with van der Waals surface area (Å²) in [6.45, 7) is 1.72. The number of piperidine rings is 1. The van der Waals surface area contributed by atoms with Gasteiger partial charge in [0.15, 0.2) is 5.82 Å². The Bertz CT molecular complexity index is 1600. The number of hydrogen-bond acceptors (Lipinski definition) is 6. The van der Waals surface area contributed by atoms with Crippen LogP contribution < -0.4 is 5.43 Å². The van der Waals surface area contributed by atoms with Gasteiger partial charge < -0.3 is 4.98 Å². The lowest BCUT2D eigenvalue weighted by Crippen LogP contribution is -2.45. The van der Waals surface area contributed by atoms with Gasteiger partial charge in [0.05, 0.1) is 16.7 Å². The maximum Gasteiger partial charge on any atom is 0.265 e. The molecule has 4 heterocycles. The first-order chi connectivity index (χ1) is 17.7. The zero-order valence-electron chi connectivity index (χ0n) is 19.6. The highest BCUT2D eigenvalue weighted by Gasteiger charge is 2.18. The number of imidazole rings is 1. The summed E-state index contributed by atoms with van der Waals surface area (Å²) in [5.41, 5.74) is 6.74. The quantitative estimate of drug-likeness (QED) is 0.361. The lowest BCUT2D eigenvalue weighted by molar-refractivity contribution is 0.0750. The van der Waals surface area contributed by atoms with Crippen LogP contribution in [0.5, 0.6) is 0 Å². The van der Waals surface area contributed by atoms with Gasteiger partial charge in [-0.3, -0.25) is 25.0 Å². The lowest BCUT2D eigenvalue weighted by Gasteiger charge is -2.26. The number of aromatic nitrogens is 4. The molecule has 1 aliphatic heterocycles. The Hall–Kier alpha value is -4.43. The van der Waals surface area contributed by atoms with Gasteiger partial charge in [-0.1, -0.05) is 30.7 Å². The minimum Gasteiger partial charge on any atom is -0.335 e. The Morgan fingerprint density at radius 1 is 0.917 bits per heavy atom. The van der Waals surface area contributed by atoms with E-state index in [0.29, 0.717) is 27.9 Å². The number of fused-ring (bicyclic) bond motifs is 2. The maximum atomic E-state index is 13.3. The first kappa shape index (κ1) is 22.1. The third-order valence-electron chi connectivity index (χ3n) is 6.54. The van der Waals surface area contributed by atoms with Crippen LogP contribution in [-0.2, 0) is 0 Å². The topological polar surface area (TPSA) is 104 Å². The number of hydrazine groups is 1. The highest BCUT2D eigenvalue weighted by molar-refractivity contribution is 6.09. The van der Waals surface area contributed by atoms with Crippen LogP contribution in [0.1, 0.15) is 45.8 Å². The van der Waals surface area contributed by atoms with E-state index in [1.165, 1.54) is 6.42 Å². The minimum absolute atomic E-state index is 0.163. The molecule has 1 saturated heterocycles. The third kappa shape index (κ3) is 4.23. The van der Waals surface area contributed by atoms with Gasteiger partial charge in [-0.2, -0.15) is 0 Å². The molecule has 5 aromatic rings. The van der Waals surface area contributed by atoms with Crippen molar-refractivity contribution in [2.45, 2.75) is 19.3 Å². The number of carbonyl (C=O) groups excluding carboxylic acids is 2. The van der Waals surface area contributed by atoms with E-state index in [0.717, 1.165) is 42.3 Å². The molecule has 8 heteroatoms. The number of nitrogens with one attached hydrogen (secondary N) is 2. The van der Waals surface area contributed by atoms with Gasteiger partial charge in [0.1, 0.15) is 0 Å². The van der Waals surface area contributed by atoms with Crippen LogP contribution in [-0.4, -0.2) is 49.7 Å². The molecule has 0 aliphatic carbocycles. The van der Waals surface area contributed by atoms with Crippen LogP contribution in [0.25, 0.3) is 33.1 Å². The van der Waals surface area contributed by atoms with Crippen molar-refractivity contribution in [2.75, 3.05) is 13.1 Å². The molecule has 0 saturated carbocycles. The second-order valence-electron chi connectivity index (χ2n) is 8.97. The van der Waals surface area contributed by atoms with Crippen molar-refractivity contribution >= 4 is 33.5 Å². The largest absolute Gasteiger partial charge is 0.335 e. The number of nitrogens with zero attached hydrogens (tertiary/aromatic N) is 4. The summed E-state index contributed by atoms with van der Waals surface area (Å²) < 4.78 is 0. The zero-order chi connectivity index (χ0) is 24.5. The first-order valence-corrected chi connectivity index (χ1v) is 12.1. The standard InChI is InChI=1S/C28H24N6O2/c35-26(18-10-11-30-24(14-18)22-17-29-16-20-6-2-3-7-21(20)22)27-31-23-9-8-19(15-25(23)32-27)28(36)33-34-12-4-1-5-13-34/h2-3,6-11,14-17H,1,4-5,12-13H2,(H,31,32)(H,33,36). The summed E-state index contributed by atoms with van der Waals surface area (Å²) in [5, 5.41) is 3.99. The van der Waals surface area contributed by atoms with Crippen molar-refractivity contribution in [3.63, 3.8) is 0 Å². The number of carbonyl (C=O) groups is 2.